The summed E-state index contributed by atoms with van der Waals surface area (Å²) in [5.41, 5.74) is 2.40. The van der Waals surface area contributed by atoms with Crippen molar-refractivity contribution in [2.45, 2.75) is 13.8 Å². The Bertz CT molecular complexity index is 1250. The van der Waals surface area contributed by atoms with E-state index in [0.717, 1.165) is 5.56 Å². The van der Waals surface area contributed by atoms with Gasteiger partial charge in [-0.05, 0) is 30.3 Å². The molecule has 0 unspecified atom stereocenters. The molecule has 0 saturated carbocycles. The maximum absolute atomic E-state index is 13.0. The van der Waals surface area contributed by atoms with Gasteiger partial charge in [0.1, 0.15) is 5.82 Å². The van der Waals surface area contributed by atoms with Crippen LogP contribution in [0.3, 0.4) is 0 Å². The number of hydrogen-bond acceptors (Lipinski definition) is 4. The molecule has 34 heavy (non-hydrogen) atoms. The normalized spacial score (nSPS) is 13.6. The minimum atomic E-state index is -0.253. The molecule has 2 heterocycles. The zero-order valence-electron chi connectivity index (χ0n) is 18.7. The fraction of sp³-hybridized carbons (Fsp3) is 0.250. The second-order valence-corrected chi connectivity index (χ2v) is 8.82. The van der Waals surface area contributed by atoms with Crippen LogP contribution in [0, 0.1) is 0 Å². The first-order valence-electron chi connectivity index (χ1n) is 10.7. The monoisotopic (exact) mass is 499 g/mol. The third-order valence-electron chi connectivity index (χ3n) is 5.59. The highest BCUT2D eigenvalue weighted by Gasteiger charge is 2.24. The van der Waals surface area contributed by atoms with E-state index in [-0.39, 0.29) is 17.7 Å². The number of carbonyl (C=O) groups excluding carboxylic acids is 3. The standard InChI is InChI=1S/C24H23Cl2N5O3/c1-15(32)27-23-14-21(17-3-6-19(25)7-4-17)28-31(23)22-8-5-18(13-20(22)26)24(34)30-11-9-29(10-12-30)16(2)33/h3-8,13-14H,9-12H2,1-2H3,(H,27,32). The summed E-state index contributed by atoms with van der Waals surface area (Å²) in [6, 6.07) is 13.9. The van der Waals surface area contributed by atoms with Gasteiger partial charge in [-0.3, -0.25) is 14.4 Å². The molecule has 0 bridgehead atoms. The largest absolute Gasteiger partial charge is 0.339 e. The molecule has 0 spiro atoms. The number of aromatic nitrogens is 2. The zero-order valence-corrected chi connectivity index (χ0v) is 20.2. The summed E-state index contributed by atoms with van der Waals surface area (Å²) in [4.78, 5) is 39.7. The average Bonchev–Trinajstić information content (AvgIpc) is 3.21. The third kappa shape index (κ3) is 5.08. The van der Waals surface area contributed by atoms with Crippen LogP contribution in [-0.4, -0.2) is 63.5 Å². The number of benzene rings is 2. The van der Waals surface area contributed by atoms with Gasteiger partial charge in [-0.1, -0.05) is 35.3 Å². The van der Waals surface area contributed by atoms with E-state index in [2.05, 4.69) is 10.4 Å². The number of carbonyl (C=O) groups is 3. The number of nitrogens with zero attached hydrogens (tertiary/aromatic N) is 4. The maximum Gasteiger partial charge on any atom is 0.254 e. The summed E-state index contributed by atoms with van der Waals surface area (Å²) in [6.45, 7) is 4.89. The Morgan fingerprint density at radius 3 is 2.12 bits per heavy atom. The Hall–Kier alpha value is -3.36. The Kier molecular flexibility index (Phi) is 6.90. The van der Waals surface area contributed by atoms with Crippen LogP contribution in [0.2, 0.25) is 10.0 Å². The average molecular weight is 500 g/mol. The van der Waals surface area contributed by atoms with E-state index in [9.17, 15) is 14.4 Å². The summed E-state index contributed by atoms with van der Waals surface area (Å²) >= 11 is 12.6. The summed E-state index contributed by atoms with van der Waals surface area (Å²) in [5, 5.41) is 8.32. The zero-order chi connectivity index (χ0) is 24.4. The van der Waals surface area contributed by atoms with Gasteiger partial charge in [-0.25, -0.2) is 4.68 Å². The summed E-state index contributed by atoms with van der Waals surface area (Å²) in [6.07, 6.45) is 0. The predicted octanol–water partition coefficient (Wildman–Crippen LogP) is 4.11. The molecule has 2 aromatic carbocycles. The smallest absolute Gasteiger partial charge is 0.254 e. The van der Waals surface area contributed by atoms with Crippen molar-refractivity contribution in [1.82, 2.24) is 19.6 Å². The van der Waals surface area contributed by atoms with Crippen LogP contribution in [0.25, 0.3) is 16.9 Å². The van der Waals surface area contributed by atoms with E-state index in [1.165, 1.54) is 18.5 Å². The van der Waals surface area contributed by atoms with Crippen LogP contribution >= 0.6 is 23.2 Å². The Morgan fingerprint density at radius 1 is 0.882 bits per heavy atom. The molecule has 1 aliphatic heterocycles. The quantitative estimate of drug-likeness (QED) is 0.584. The molecule has 4 rings (SSSR count). The van der Waals surface area contributed by atoms with Gasteiger partial charge in [0.05, 0.1) is 16.4 Å². The molecular formula is C24H23Cl2N5O3. The van der Waals surface area contributed by atoms with Gasteiger partial charge in [0.2, 0.25) is 11.8 Å². The fourth-order valence-corrected chi connectivity index (χ4v) is 4.20. The molecule has 1 N–H and O–H groups in total. The van der Waals surface area contributed by atoms with Gasteiger partial charge < -0.3 is 15.1 Å². The first-order valence-corrected chi connectivity index (χ1v) is 11.5. The highest BCUT2D eigenvalue weighted by atomic mass is 35.5. The van der Waals surface area contributed by atoms with Crippen molar-refractivity contribution in [3.63, 3.8) is 0 Å². The van der Waals surface area contributed by atoms with Crippen LogP contribution in [0.1, 0.15) is 24.2 Å². The minimum Gasteiger partial charge on any atom is -0.339 e. The molecule has 1 fully saturated rings. The number of anilines is 1. The molecule has 0 radical (unpaired) electrons. The number of amides is 3. The second kappa shape index (κ2) is 9.87. The highest BCUT2D eigenvalue weighted by Crippen LogP contribution is 2.30. The molecular weight excluding hydrogens is 477 g/mol. The number of piperazine rings is 1. The number of halogens is 2. The molecule has 1 saturated heterocycles. The summed E-state index contributed by atoms with van der Waals surface area (Å²) in [7, 11) is 0. The number of rotatable bonds is 4. The SMILES string of the molecule is CC(=O)Nc1cc(-c2ccc(Cl)cc2)nn1-c1ccc(C(=O)N2CCN(C(C)=O)CC2)cc1Cl. The van der Waals surface area contributed by atoms with Gasteiger partial charge in [-0.15, -0.1) is 0 Å². The third-order valence-corrected chi connectivity index (χ3v) is 6.14. The van der Waals surface area contributed by atoms with Crippen molar-refractivity contribution in [2.24, 2.45) is 0 Å². The Morgan fingerprint density at radius 2 is 1.53 bits per heavy atom. The van der Waals surface area contributed by atoms with E-state index in [1.54, 1.807) is 46.2 Å². The molecule has 1 aromatic heterocycles. The van der Waals surface area contributed by atoms with Crippen LogP contribution in [0.15, 0.2) is 48.5 Å². The molecule has 8 nitrogen and oxygen atoms in total. The lowest BCUT2D eigenvalue weighted by Crippen LogP contribution is -2.50. The fourth-order valence-electron chi connectivity index (χ4n) is 3.81. The first kappa shape index (κ1) is 23.8. The van der Waals surface area contributed by atoms with Crippen LogP contribution in [0.5, 0.6) is 0 Å². The topological polar surface area (TPSA) is 87.5 Å². The molecule has 3 amide bonds. The lowest BCUT2D eigenvalue weighted by Gasteiger charge is -2.34. The second-order valence-electron chi connectivity index (χ2n) is 7.98. The lowest BCUT2D eigenvalue weighted by molar-refractivity contribution is -0.130. The molecule has 1 aliphatic rings. The van der Waals surface area contributed by atoms with Crippen molar-refractivity contribution in [1.29, 1.82) is 0 Å². The highest BCUT2D eigenvalue weighted by molar-refractivity contribution is 6.32. The van der Waals surface area contributed by atoms with Crippen molar-refractivity contribution < 1.29 is 14.4 Å². The van der Waals surface area contributed by atoms with Gasteiger partial charge in [0.15, 0.2) is 0 Å². The van der Waals surface area contributed by atoms with Gasteiger partial charge in [-0.2, -0.15) is 5.10 Å². The molecule has 10 heteroatoms. The number of hydrogen-bond donors (Lipinski definition) is 1. The lowest BCUT2D eigenvalue weighted by atomic mass is 10.1. The van der Waals surface area contributed by atoms with Crippen LogP contribution in [0.4, 0.5) is 5.82 Å². The van der Waals surface area contributed by atoms with Crippen molar-refractivity contribution in [3.05, 3.63) is 64.1 Å². The van der Waals surface area contributed by atoms with Crippen LogP contribution in [-0.2, 0) is 9.59 Å². The minimum absolute atomic E-state index is 0.00617. The van der Waals surface area contributed by atoms with Gasteiger partial charge in [0.25, 0.3) is 5.91 Å². The maximum atomic E-state index is 13.0. The van der Waals surface area contributed by atoms with Gasteiger partial charge in [0, 0.05) is 62.2 Å². The van der Waals surface area contributed by atoms with E-state index >= 15 is 0 Å². The van der Waals surface area contributed by atoms with Crippen molar-refractivity contribution >= 4 is 46.7 Å². The molecule has 0 atom stereocenters. The van der Waals surface area contributed by atoms with E-state index in [0.29, 0.717) is 59.0 Å². The van der Waals surface area contributed by atoms with E-state index in [1.807, 2.05) is 12.1 Å². The Balaban J connectivity index is 1.62. The number of nitrogens with one attached hydrogen (secondary N) is 1. The Labute approximate surface area is 207 Å². The predicted molar refractivity (Wildman–Crippen MR) is 131 cm³/mol. The van der Waals surface area contributed by atoms with E-state index in [4.69, 9.17) is 23.2 Å². The van der Waals surface area contributed by atoms with Gasteiger partial charge >= 0.3 is 0 Å². The molecule has 0 aliphatic carbocycles. The summed E-state index contributed by atoms with van der Waals surface area (Å²) in [5.74, 6) is 0.0444. The van der Waals surface area contributed by atoms with Crippen molar-refractivity contribution in [2.75, 3.05) is 31.5 Å². The first-order chi connectivity index (χ1) is 16.2. The molecule has 176 valence electrons. The summed E-state index contributed by atoms with van der Waals surface area (Å²) < 4.78 is 1.54. The van der Waals surface area contributed by atoms with Crippen LogP contribution < -0.4 is 5.32 Å². The van der Waals surface area contributed by atoms with Crippen molar-refractivity contribution in [3.8, 4) is 16.9 Å². The molecule has 3 aromatic rings. The van der Waals surface area contributed by atoms with E-state index < -0.39 is 0 Å².